The molecular weight excluding hydrogens is 337 g/mol. The number of nitrogen functional groups attached to an aromatic ring is 2. The number of aromatic nitrogens is 1. The van der Waals surface area contributed by atoms with Crippen LogP contribution in [0.1, 0.15) is 22.4 Å². The number of hydrogen-bond donors (Lipinski definition) is 2. The topological polar surface area (TPSA) is 64.9 Å². The molecule has 0 saturated heterocycles. The summed E-state index contributed by atoms with van der Waals surface area (Å²) in [7, 11) is 0. The number of pyridine rings is 1. The van der Waals surface area contributed by atoms with Crippen molar-refractivity contribution in [1.82, 2.24) is 4.98 Å². The quantitative estimate of drug-likeness (QED) is 0.519. The van der Waals surface area contributed by atoms with Crippen LogP contribution in [0, 0.1) is 5.82 Å². The first-order valence-corrected chi connectivity index (χ1v) is 8.85. The van der Waals surface area contributed by atoms with Crippen LogP contribution in [0.5, 0.6) is 0 Å². The lowest BCUT2D eigenvalue weighted by atomic mass is 9.94. The van der Waals surface area contributed by atoms with Crippen molar-refractivity contribution in [3.63, 3.8) is 0 Å². The molecule has 1 heterocycles. The van der Waals surface area contributed by atoms with Crippen LogP contribution in [-0.4, -0.2) is 4.98 Å². The number of benzene rings is 3. The fourth-order valence-electron chi connectivity index (χ4n) is 3.41. The number of halogens is 1. The molecule has 0 amide bonds. The van der Waals surface area contributed by atoms with Crippen LogP contribution in [0.4, 0.5) is 15.9 Å². The van der Waals surface area contributed by atoms with Crippen molar-refractivity contribution in [3.8, 4) is 0 Å². The van der Waals surface area contributed by atoms with Crippen molar-refractivity contribution < 1.29 is 4.39 Å². The lowest BCUT2D eigenvalue weighted by Crippen LogP contribution is -2.06. The Labute approximate surface area is 157 Å². The van der Waals surface area contributed by atoms with Gasteiger partial charge in [-0.15, -0.1) is 0 Å². The average Bonchev–Trinajstić information content (AvgIpc) is 2.68. The minimum absolute atomic E-state index is 0.119. The Morgan fingerprint density at radius 3 is 1.96 bits per heavy atom. The van der Waals surface area contributed by atoms with Crippen LogP contribution in [0.3, 0.4) is 0 Å². The Kier molecular flexibility index (Phi) is 4.47. The van der Waals surface area contributed by atoms with E-state index in [0.29, 0.717) is 24.0 Å². The molecule has 4 N–H and O–H groups in total. The fraction of sp³-hybridized carbons (Fsp3) is 0.0870. The lowest BCUT2D eigenvalue weighted by molar-refractivity contribution is 0.634. The van der Waals surface area contributed by atoms with E-state index in [1.165, 1.54) is 6.07 Å². The molecule has 0 radical (unpaired) electrons. The largest absolute Gasteiger partial charge is 0.396 e. The van der Waals surface area contributed by atoms with Crippen molar-refractivity contribution >= 4 is 22.3 Å². The van der Waals surface area contributed by atoms with Gasteiger partial charge in [-0.1, -0.05) is 60.7 Å². The summed E-state index contributed by atoms with van der Waals surface area (Å²) in [4.78, 5) is 4.63. The summed E-state index contributed by atoms with van der Waals surface area (Å²) >= 11 is 0. The number of nitrogens with two attached hydrogens (primary N) is 2. The summed E-state index contributed by atoms with van der Waals surface area (Å²) in [5.41, 5.74) is 16.4. The zero-order valence-corrected chi connectivity index (χ0v) is 14.8. The van der Waals surface area contributed by atoms with Crippen LogP contribution in [0.25, 0.3) is 10.8 Å². The predicted octanol–water partition coefficient (Wildman–Crippen LogP) is 4.72. The standard InChI is InChI=1S/C23H20FN3/c24-20-13-19-17(14-21(20)25)18(11-15-7-3-1-4-8-15)22(27-23(19)26)12-16-9-5-2-6-10-16/h1-10,13-14H,11-12,25H2,(H2,26,27). The van der Waals surface area contributed by atoms with Crippen LogP contribution in [0.15, 0.2) is 72.8 Å². The van der Waals surface area contributed by atoms with E-state index in [9.17, 15) is 4.39 Å². The second kappa shape index (κ2) is 7.08. The molecular formula is C23H20FN3. The number of hydrogen-bond acceptors (Lipinski definition) is 3. The third-order valence-corrected chi connectivity index (χ3v) is 4.78. The molecule has 1 aromatic heterocycles. The van der Waals surface area contributed by atoms with E-state index < -0.39 is 5.82 Å². The first-order chi connectivity index (χ1) is 13.1. The molecule has 4 aromatic rings. The van der Waals surface area contributed by atoms with Gasteiger partial charge in [0.1, 0.15) is 11.6 Å². The highest BCUT2D eigenvalue weighted by atomic mass is 19.1. The van der Waals surface area contributed by atoms with Crippen LogP contribution >= 0.6 is 0 Å². The molecule has 0 aliphatic rings. The van der Waals surface area contributed by atoms with E-state index in [2.05, 4.69) is 29.2 Å². The molecule has 27 heavy (non-hydrogen) atoms. The summed E-state index contributed by atoms with van der Waals surface area (Å²) in [6, 6.07) is 23.3. The Hall–Kier alpha value is -3.40. The van der Waals surface area contributed by atoms with Gasteiger partial charge in [0.25, 0.3) is 0 Å². The van der Waals surface area contributed by atoms with Gasteiger partial charge >= 0.3 is 0 Å². The molecule has 0 atom stereocenters. The molecule has 0 fully saturated rings. The normalized spacial score (nSPS) is 11.0. The van der Waals surface area contributed by atoms with Crippen LogP contribution < -0.4 is 11.5 Å². The fourth-order valence-corrected chi connectivity index (χ4v) is 3.41. The van der Waals surface area contributed by atoms with E-state index in [1.807, 2.05) is 36.4 Å². The van der Waals surface area contributed by atoms with Gasteiger partial charge in [0, 0.05) is 11.8 Å². The van der Waals surface area contributed by atoms with E-state index in [0.717, 1.165) is 27.8 Å². The molecule has 0 spiro atoms. The Bertz CT molecular complexity index is 1090. The van der Waals surface area contributed by atoms with Gasteiger partial charge in [-0.2, -0.15) is 0 Å². The highest BCUT2D eigenvalue weighted by Gasteiger charge is 2.16. The molecule has 134 valence electrons. The van der Waals surface area contributed by atoms with Crippen molar-refractivity contribution in [3.05, 3.63) is 101 Å². The van der Waals surface area contributed by atoms with Gasteiger partial charge in [-0.25, -0.2) is 9.37 Å². The monoisotopic (exact) mass is 357 g/mol. The predicted molar refractivity (Wildman–Crippen MR) is 109 cm³/mol. The second-order valence-corrected chi connectivity index (χ2v) is 6.67. The van der Waals surface area contributed by atoms with Crippen molar-refractivity contribution in [2.45, 2.75) is 12.8 Å². The zero-order valence-electron chi connectivity index (χ0n) is 14.8. The summed E-state index contributed by atoms with van der Waals surface area (Å²) < 4.78 is 14.0. The number of rotatable bonds is 4. The summed E-state index contributed by atoms with van der Waals surface area (Å²) in [5.74, 6) is -0.149. The highest BCUT2D eigenvalue weighted by molar-refractivity contribution is 5.96. The first-order valence-electron chi connectivity index (χ1n) is 8.85. The van der Waals surface area contributed by atoms with E-state index >= 15 is 0 Å². The molecule has 4 heteroatoms. The van der Waals surface area contributed by atoms with Crippen molar-refractivity contribution in [1.29, 1.82) is 0 Å². The average molecular weight is 357 g/mol. The van der Waals surface area contributed by atoms with Gasteiger partial charge in [-0.3, -0.25) is 0 Å². The Morgan fingerprint density at radius 1 is 0.741 bits per heavy atom. The van der Waals surface area contributed by atoms with Crippen LogP contribution in [0.2, 0.25) is 0 Å². The molecule has 0 aliphatic heterocycles. The van der Waals surface area contributed by atoms with Gasteiger partial charge in [0.05, 0.1) is 11.4 Å². The minimum atomic E-state index is -0.475. The number of fused-ring (bicyclic) bond motifs is 1. The maximum Gasteiger partial charge on any atom is 0.146 e. The van der Waals surface area contributed by atoms with Gasteiger partial charge in [-0.05, 0) is 40.6 Å². The summed E-state index contributed by atoms with van der Waals surface area (Å²) in [6.07, 6.45) is 1.33. The Balaban J connectivity index is 1.92. The van der Waals surface area contributed by atoms with E-state index in [1.54, 1.807) is 6.07 Å². The molecule has 4 rings (SSSR count). The molecule has 0 bridgehead atoms. The second-order valence-electron chi connectivity index (χ2n) is 6.67. The minimum Gasteiger partial charge on any atom is -0.396 e. The third kappa shape index (κ3) is 3.47. The molecule has 3 aromatic carbocycles. The lowest BCUT2D eigenvalue weighted by Gasteiger charge is -2.16. The van der Waals surface area contributed by atoms with Crippen molar-refractivity contribution in [2.24, 2.45) is 0 Å². The smallest absolute Gasteiger partial charge is 0.146 e. The van der Waals surface area contributed by atoms with Crippen LogP contribution in [-0.2, 0) is 12.8 Å². The SMILES string of the molecule is Nc1cc2c(Cc3ccccc3)c(Cc3ccccc3)nc(N)c2cc1F. The summed E-state index contributed by atoms with van der Waals surface area (Å²) in [6.45, 7) is 0. The highest BCUT2D eigenvalue weighted by Crippen LogP contribution is 2.32. The molecule has 0 aliphatic carbocycles. The maximum atomic E-state index is 14.0. The maximum absolute atomic E-state index is 14.0. The Morgan fingerprint density at radius 2 is 1.33 bits per heavy atom. The van der Waals surface area contributed by atoms with E-state index in [-0.39, 0.29) is 5.69 Å². The number of anilines is 2. The van der Waals surface area contributed by atoms with Gasteiger partial charge < -0.3 is 11.5 Å². The van der Waals surface area contributed by atoms with Gasteiger partial charge in [0.15, 0.2) is 0 Å². The number of nitrogens with zero attached hydrogens (tertiary/aromatic N) is 1. The molecule has 0 unspecified atom stereocenters. The first kappa shape index (κ1) is 17.0. The molecule has 0 saturated carbocycles. The van der Waals surface area contributed by atoms with E-state index in [4.69, 9.17) is 11.5 Å². The summed E-state index contributed by atoms with van der Waals surface area (Å²) in [5, 5.41) is 1.46. The van der Waals surface area contributed by atoms with Crippen molar-refractivity contribution in [2.75, 3.05) is 11.5 Å². The zero-order chi connectivity index (χ0) is 18.8. The third-order valence-electron chi connectivity index (χ3n) is 4.78. The molecule has 3 nitrogen and oxygen atoms in total. The van der Waals surface area contributed by atoms with Gasteiger partial charge in [0.2, 0.25) is 0 Å².